The van der Waals surface area contributed by atoms with E-state index in [1.807, 2.05) is 0 Å². The fourth-order valence-electron chi connectivity index (χ4n) is 1.41. The summed E-state index contributed by atoms with van der Waals surface area (Å²) >= 11 is 1.23. The Morgan fingerprint density at radius 1 is 1.56 bits per heavy atom. The van der Waals surface area contributed by atoms with Crippen LogP contribution in [0.5, 0.6) is 0 Å². The number of rotatable bonds is 4. The zero-order valence-electron chi connectivity index (χ0n) is 9.70. The van der Waals surface area contributed by atoms with Gasteiger partial charge in [-0.25, -0.2) is 9.97 Å². The van der Waals surface area contributed by atoms with Crippen LogP contribution in [0.1, 0.15) is 16.1 Å². The second-order valence-electron chi connectivity index (χ2n) is 3.57. The van der Waals surface area contributed by atoms with Gasteiger partial charge in [-0.05, 0) is 23.9 Å². The van der Waals surface area contributed by atoms with Gasteiger partial charge in [-0.1, -0.05) is 0 Å². The number of nitrogens with two attached hydrogens (primary N) is 1. The Labute approximate surface area is 108 Å². The first-order valence-electron chi connectivity index (χ1n) is 5.17. The zero-order chi connectivity index (χ0) is 13.1. The lowest BCUT2D eigenvalue weighted by atomic mass is 10.3. The monoisotopic (exact) mass is 264 g/mol. The summed E-state index contributed by atoms with van der Waals surface area (Å²) < 4.78 is 1.74. The molecule has 0 aromatic carbocycles. The van der Waals surface area contributed by atoms with E-state index in [9.17, 15) is 4.79 Å². The average Bonchev–Trinajstić information content (AvgIpc) is 2.71. The third kappa shape index (κ3) is 2.36. The molecule has 0 fully saturated rings. The van der Waals surface area contributed by atoms with Crippen LogP contribution >= 0.6 is 11.8 Å². The summed E-state index contributed by atoms with van der Waals surface area (Å²) in [6.07, 6.45) is 3.17. The van der Waals surface area contributed by atoms with Gasteiger partial charge in [0.25, 0.3) is 5.91 Å². The molecule has 2 aromatic rings. The van der Waals surface area contributed by atoms with Crippen LogP contribution in [0.25, 0.3) is 0 Å². The van der Waals surface area contributed by atoms with E-state index in [1.165, 1.54) is 11.8 Å². The number of pyridine rings is 1. The molecule has 2 rings (SSSR count). The summed E-state index contributed by atoms with van der Waals surface area (Å²) in [5, 5.41) is 10.2. The van der Waals surface area contributed by atoms with Gasteiger partial charge in [0.1, 0.15) is 5.03 Å². The van der Waals surface area contributed by atoms with Crippen LogP contribution in [0, 0.1) is 0 Å². The maximum Gasteiger partial charge on any atom is 0.251 e. The molecule has 0 saturated carbocycles. The van der Waals surface area contributed by atoms with Crippen molar-refractivity contribution in [3.63, 3.8) is 0 Å². The van der Waals surface area contributed by atoms with E-state index in [0.717, 1.165) is 0 Å². The number of aliphatic hydroxyl groups is 1. The normalized spacial score (nSPS) is 10.6. The van der Waals surface area contributed by atoms with Crippen molar-refractivity contribution in [3.05, 3.63) is 35.8 Å². The molecule has 0 bridgehead atoms. The van der Waals surface area contributed by atoms with Crippen molar-refractivity contribution < 1.29 is 9.90 Å². The van der Waals surface area contributed by atoms with Crippen molar-refractivity contribution in [2.75, 3.05) is 0 Å². The van der Waals surface area contributed by atoms with Crippen molar-refractivity contribution in [2.45, 2.75) is 16.8 Å². The first kappa shape index (κ1) is 12.6. The first-order valence-corrected chi connectivity index (χ1v) is 5.99. The fraction of sp³-hybridized carbons (Fsp3) is 0.182. The molecule has 3 N–H and O–H groups in total. The summed E-state index contributed by atoms with van der Waals surface area (Å²) in [4.78, 5) is 19.5. The molecular weight excluding hydrogens is 252 g/mol. The maximum absolute atomic E-state index is 11.3. The molecule has 7 heteroatoms. The number of amides is 1. The van der Waals surface area contributed by atoms with Gasteiger partial charge in [0.15, 0.2) is 5.16 Å². The highest BCUT2D eigenvalue weighted by molar-refractivity contribution is 7.99. The third-order valence-electron chi connectivity index (χ3n) is 2.43. The second-order valence-corrected chi connectivity index (χ2v) is 4.53. The summed E-state index contributed by atoms with van der Waals surface area (Å²) in [5.41, 5.74) is 6.32. The van der Waals surface area contributed by atoms with E-state index in [0.29, 0.717) is 21.4 Å². The van der Waals surface area contributed by atoms with E-state index in [2.05, 4.69) is 9.97 Å². The van der Waals surface area contributed by atoms with Crippen LogP contribution in [0.3, 0.4) is 0 Å². The van der Waals surface area contributed by atoms with Gasteiger partial charge < -0.3 is 15.4 Å². The highest BCUT2D eigenvalue weighted by atomic mass is 32.2. The average molecular weight is 264 g/mol. The lowest BCUT2D eigenvalue weighted by Crippen LogP contribution is -2.12. The molecule has 0 radical (unpaired) electrons. The number of carbonyl (C=O) groups excluding carboxylic acids is 1. The fourth-order valence-corrected chi connectivity index (χ4v) is 2.34. The van der Waals surface area contributed by atoms with Crippen LogP contribution in [-0.2, 0) is 13.7 Å². The van der Waals surface area contributed by atoms with Gasteiger partial charge in [0.05, 0.1) is 24.1 Å². The van der Waals surface area contributed by atoms with E-state index < -0.39 is 5.91 Å². The standard InChI is InChI=1S/C11H12N4O2S/c1-15-7(6-16)5-14-11(15)18-10-8(9(12)17)3-2-4-13-10/h2-5,16H,6H2,1H3,(H2,12,17). The largest absolute Gasteiger partial charge is 0.390 e. The molecular formula is C11H12N4O2S. The summed E-state index contributed by atoms with van der Waals surface area (Å²) in [7, 11) is 1.79. The van der Waals surface area contributed by atoms with Gasteiger partial charge in [-0.15, -0.1) is 0 Å². The molecule has 0 aliphatic carbocycles. The Balaban J connectivity index is 2.34. The Hall–Kier alpha value is -1.86. The number of nitrogens with zero attached hydrogens (tertiary/aromatic N) is 3. The molecule has 6 nitrogen and oxygen atoms in total. The molecule has 18 heavy (non-hydrogen) atoms. The Morgan fingerprint density at radius 2 is 2.33 bits per heavy atom. The number of aliphatic hydroxyl groups excluding tert-OH is 1. The molecule has 94 valence electrons. The Kier molecular flexibility index (Phi) is 3.63. The van der Waals surface area contributed by atoms with Crippen LogP contribution in [0.2, 0.25) is 0 Å². The maximum atomic E-state index is 11.3. The third-order valence-corrected chi connectivity index (χ3v) is 3.51. The van der Waals surface area contributed by atoms with Gasteiger partial charge in [-0.3, -0.25) is 4.79 Å². The second kappa shape index (κ2) is 5.19. The van der Waals surface area contributed by atoms with Crippen LogP contribution in [-0.4, -0.2) is 25.5 Å². The minimum Gasteiger partial charge on any atom is -0.390 e. The molecule has 2 aromatic heterocycles. The summed E-state index contributed by atoms with van der Waals surface area (Å²) in [6, 6.07) is 3.27. The van der Waals surface area contributed by atoms with Crippen molar-refractivity contribution >= 4 is 17.7 Å². The molecule has 0 unspecified atom stereocenters. The number of carbonyl (C=O) groups is 1. The minimum atomic E-state index is -0.526. The van der Waals surface area contributed by atoms with Crippen molar-refractivity contribution in [2.24, 2.45) is 12.8 Å². The quantitative estimate of drug-likeness (QED) is 0.841. The molecule has 0 atom stereocenters. The highest BCUT2D eigenvalue weighted by Gasteiger charge is 2.13. The highest BCUT2D eigenvalue weighted by Crippen LogP contribution is 2.27. The van der Waals surface area contributed by atoms with Gasteiger partial charge in [0.2, 0.25) is 0 Å². The van der Waals surface area contributed by atoms with E-state index in [-0.39, 0.29) is 6.61 Å². The SMILES string of the molecule is Cn1c(CO)cnc1Sc1ncccc1C(N)=O. The summed E-state index contributed by atoms with van der Waals surface area (Å²) in [6.45, 7) is -0.0883. The van der Waals surface area contributed by atoms with E-state index >= 15 is 0 Å². The molecule has 0 saturated heterocycles. The predicted molar refractivity (Wildman–Crippen MR) is 66.0 cm³/mol. The number of hydrogen-bond donors (Lipinski definition) is 2. The van der Waals surface area contributed by atoms with E-state index in [1.54, 1.807) is 36.1 Å². The lowest BCUT2D eigenvalue weighted by molar-refractivity contribution is 0.0997. The van der Waals surface area contributed by atoms with E-state index in [4.69, 9.17) is 10.8 Å². The molecule has 2 heterocycles. The number of imidazole rings is 1. The Bertz CT molecular complexity index is 582. The van der Waals surface area contributed by atoms with Gasteiger partial charge in [0, 0.05) is 13.2 Å². The predicted octanol–water partition coefficient (Wildman–Crippen LogP) is 0.558. The van der Waals surface area contributed by atoms with Crippen molar-refractivity contribution in [1.82, 2.24) is 14.5 Å². The minimum absolute atomic E-state index is 0.0883. The molecule has 0 spiro atoms. The summed E-state index contributed by atoms with van der Waals surface area (Å²) in [5.74, 6) is -0.526. The number of aromatic nitrogens is 3. The topological polar surface area (TPSA) is 94.0 Å². The van der Waals surface area contributed by atoms with Crippen LogP contribution < -0.4 is 5.73 Å². The number of primary amides is 1. The Morgan fingerprint density at radius 3 is 2.94 bits per heavy atom. The smallest absolute Gasteiger partial charge is 0.251 e. The molecule has 0 aliphatic heterocycles. The van der Waals surface area contributed by atoms with Gasteiger partial charge >= 0.3 is 0 Å². The lowest BCUT2D eigenvalue weighted by Gasteiger charge is -2.05. The van der Waals surface area contributed by atoms with Crippen molar-refractivity contribution in [3.8, 4) is 0 Å². The number of hydrogen-bond acceptors (Lipinski definition) is 5. The zero-order valence-corrected chi connectivity index (χ0v) is 10.5. The van der Waals surface area contributed by atoms with Crippen LogP contribution in [0.4, 0.5) is 0 Å². The molecule has 1 amide bonds. The van der Waals surface area contributed by atoms with Crippen molar-refractivity contribution in [1.29, 1.82) is 0 Å². The molecule has 0 aliphatic rings. The van der Waals surface area contributed by atoms with Gasteiger partial charge in [-0.2, -0.15) is 0 Å². The van der Waals surface area contributed by atoms with Crippen LogP contribution in [0.15, 0.2) is 34.7 Å². The first-order chi connectivity index (χ1) is 8.63.